The van der Waals surface area contributed by atoms with Gasteiger partial charge in [0, 0.05) is 22.7 Å². The second-order valence-corrected chi connectivity index (χ2v) is 9.67. The lowest BCUT2D eigenvalue weighted by molar-refractivity contribution is -0.155. The standard InChI is InChI=1S/C22H11B7ClF2N3O4/c23-14-15(24)20(25,18(38)34(28)17(14)37)33-8-9-7-11(3-6-13(9)16(33)36)22(26,27)35(29)19(39)21(31,32)10-1-4-12(30)5-2-10/h1-7,14-15H,8H2. The fraction of sp³-hybridized carbons (Fsp3) is 0.273. The third-order valence-electron chi connectivity index (χ3n) is 6.89. The highest BCUT2D eigenvalue weighted by Gasteiger charge is 2.55. The second kappa shape index (κ2) is 9.64. The normalized spacial score (nSPS) is 23.6. The van der Waals surface area contributed by atoms with Gasteiger partial charge < -0.3 is 14.5 Å². The van der Waals surface area contributed by atoms with E-state index in [1.807, 2.05) is 0 Å². The minimum Gasteiger partial charge on any atom is -0.398 e. The quantitative estimate of drug-likeness (QED) is 0.392. The van der Waals surface area contributed by atoms with E-state index < -0.39 is 57.5 Å². The molecule has 2 aromatic rings. The molecular formula is C22H11B7ClF2N3O4. The predicted molar refractivity (Wildman–Crippen MR) is 143 cm³/mol. The molecule has 1 fully saturated rings. The highest BCUT2D eigenvalue weighted by molar-refractivity contribution is 6.48. The number of imide groups is 1. The maximum absolute atomic E-state index is 14.9. The third-order valence-corrected chi connectivity index (χ3v) is 7.14. The van der Waals surface area contributed by atoms with Crippen molar-refractivity contribution in [2.75, 3.05) is 0 Å². The van der Waals surface area contributed by atoms with Crippen LogP contribution in [0.5, 0.6) is 0 Å². The number of hydrogen-bond donors (Lipinski definition) is 0. The van der Waals surface area contributed by atoms with Crippen LogP contribution in [0.3, 0.4) is 0 Å². The minimum atomic E-state index is -4.12. The summed E-state index contributed by atoms with van der Waals surface area (Å²) < 4.78 is 29.9. The van der Waals surface area contributed by atoms with Crippen LogP contribution < -0.4 is 0 Å². The molecule has 0 aliphatic carbocycles. The summed E-state index contributed by atoms with van der Waals surface area (Å²) in [6.07, 6.45) is 0. The van der Waals surface area contributed by atoms with E-state index in [2.05, 4.69) is 0 Å². The molecule has 0 saturated carbocycles. The molecule has 2 aliphatic rings. The van der Waals surface area contributed by atoms with Gasteiger partial charge in [-0.25, -0.2) is 0 Å². The van der Waals surface area contributed by atoms with E-state index in [0.717, 1.165) is 17.0 Å². The van der Waals surface area contributed by atoms with E-state index >= 15 is 0 Å². The molecule has 0 N–H and O–H groups in total. The van der Waals surface area contributed by atoms with Crippen molar-refractivity contribution in [1.82, 2.24) is 14.5 Å². The second-order valence-electron chi connectivity index (χ2n) is 9.24. The molecule has 39 heavy (non-hydrogen) atoms. The number of amides is 4. The van der Waals surface area contributed by atoms with Crippen molar-refractivity contribution in [3.8, 4) is 0 Å². The van der Waals surface area contributed by atoms with E-state index in [9.17, 15) is 28.0 Å². The van der Waals surface area contributed by atoms with Crippen LogP contribution in [0.15, 0.2) is 42.5 Å². The Morgan fingerprint density at radius 1 is 1.05 bits per heavy atom. The van der Waals surface area contributed by atoms with Crippen molar-refractivity contribution in [3.05, 3.63) is 69.7 Å². The number of benzene rings is 2. The predicted octanol–water partition coefficient (Wildman–Crippen LogP) is -0.322. The molecule has 14 radical (unpaired) electrons. The van der Waals surface area contributed by atoms with Crippen LogP contribution in [0.2, 0.25) is 16.7 Å². The Kier molecular flexibility index (Phi) is 7.20. The molecule has 0 aromatic heterocycles. The monoisotopic (exact) mass is 531 g/mol. The largest absolute Gasteiger partial charge is 0.398 e. The van der Waals surface area contributed by atoms with Crippen LogP contribution >= 0.6 is 11.6 Å². The molecule has 180 valence electrons. The summed E-state index contributed by atoms with van der Waals surface area (Å²) >= 11 is 5.72. The highest BCUT2D eigenvalue weighted by atomic mass is 35.5. The molecule has 4 rings (SSSR count). The molecule has 4 amide bonds. The van der Waals surface area contributed by atoms with Gasteiger partial charge in [0.2, 0.25) is 27.8 Å². The molecule has 0 spiro atoms. The smallest absolute Gasteiger partial charge is 0.348 e. The number of nitrogens with zero attached hydrogens (tertiary/aromatic N) is 3. The molecule has 3 atom stereocenters. The number of carbonyl (C=O) groups is 4. The zero-order valence-corrected chi connectivity index (χ0v) is 20.8. The van der Waals surface area contributed by atoms with E-state index in [0.29, 0.717) is 0 Å². The third kappa shape index (κ3) is 4.35. The molecule has 17 heteroatoms. The fourth-order valence-electron chi connectivity index (χ4n) is 4.43. The van der Waals surface area contributed by atoms with Crippen LogP contribution in [0.4, 0.5) is 8.78 Å². The fourth-order valence-corrected chi connectivity index (χ4v) is 4.55. The van der Waals surface area contributed by atoms with Crippen molar-refractivity contribution in [1.29, 1.82) is 0 Å². The van der Waals surface area contributed by atoms with E-state index in [4.69, 9.17) is 66.8 Å². The first-order valence-corrected chi connectivity index (χ1v) is 11.5. The van der Waals surface area contributed by atoms with Crippen LogP contribution in [-0.4, -0.2) is 98.8 Å². The molecule has 2 aliphatic heterocycles. The summed E-state index contributed by atoms with van der Waals surface area (Å²) in [4.78, 5) is 51.9. The average Bonchev–Trinajstić information content (AvgIpc) is 3.25. The Hall–Kier alpha value is -2.88. The van der Waals surface area contributed by atoms with Gasteiger partial charge in [-0.1, -0.05) is 41.7 Å². The maximum Gasteiger partial charge on any atom is 0.348 e. The Morgan fingerprint density at radius 2 is 1.62 bits per heavy atom. The summed E-state index contributed by atoms with van der Waals surface area (Å²) in [5.74, 6) is -12.0. The van der Waals surface area contributed by atoms with Crippen molar-refractivity contribution in [2.24, 2.45) is 0 Å². The van der Waals surface area contributed by atoms with E-state index in [1.54, 1.807) is 0 Å². The number of fused-ring (bicyclic) bond motifs is 1. The summed E-state index contributed by atoms with van der Waals surface area (Å²) in [5.41, 5.74) is -2.95. The van der Waals surface area contributed by atoms with Gasteiger partial charge in [0.25, 0.3) is 11.8 Å². The zero-order chi connectivity index (χ0) is 29.2. The molecule has 1 saturated heterocycles. The van der Waals surface area contributed by atoms with Gasteiger partial charge in [-0.15, -0.1) is 0 Å². The number of hydrogen-bond acceptors (Lipinski definition) is 4. The number of halogens is 3. The first-order valence-electron chi connectivity index (χ1n) is 11.2. The Bertz CT molecular complexity index is 1400. The van der Waals surface area contributed by atoms with Crippen molar-refractivity contribution in [3.63, 3.8) is 0 Å². The lowest BCUT2D eigenvalue weighted by Crippen LogP contribution is -2.68. The maximum atomic E-state index is 14.9. The molecular weight excluding hydrogens is 519 g/mol. The number of carbonyl (C=O) groups excluding carboxylic acids is 4. The summed E-state index contributed by atoms with van der Waals surface area (Å²) in [6.45, 7) is -0.359. The lowest BCUT2D eigenvalue weighted by atomic mass is 9.48. The van der Waals surface area contributed by atoms with Crippen LogP contribution in [0.1, 0.15) is 27.0 Å². The van der Waals surface area contributed by atoms with Crippen LogP contribution in [-0.2, 0) is 32.2 Å². The first kappa shape index (κ1) is 29.1. The van der Waals surface area contributed by atoms with Gasteiger partial charge in [0.05, 0.1) is 36.8 Å². The SMILES string of the molecule is [B]C1C(=O)N([B])C(=O)C([B])(N2Cc3cc(C([B])([B])N([B])C(=O)C(F)(F)c4ccc(Cl)cc4)ccc3C2=O)C1[B]. The van der Waals surface area contributed by atoms with Gasteiger partial charge in [0.15, 0.2) is 0 Å². The summed E-state index contributed by atoms with van der Waals surface area (Å²) in [5, 5.41) is -2.32. The zero-order valence-electron chi connectivity index (χ0n) is 20.1. The van der Waals surface area contributed by atoms with Crippen LogP contribution in [0, 0.1) is 0 Å². The Balaban J connectivity index is 1.64. The molecule has 2 aromatic carbocycles. The van der Waals surface area contributed by atoms with Crippen molar-refractivity contribution in [2.45, 2.75) is 34.9 Å². The number of piperidine rings is 1. The molecule has 2 heterocycles. The highest BCUT2D eigenvalue weighted by Crippen LogP contribution is 2.44. The average molecular weight is 530 g/mol. The van der Waals surface area contributed by atoms with Crippen molar-refractivity contribution >= 4 is 90.4 Å². The van der Waals surface area contributed by atoms with Crippen molar-refractivity contribution < 1.29 is 28.0 Å². The van der Waals surface area contributed by atoms with E-state index in [-0.39, 0.29) is 37.9 Å². The number of alkyl halides is 2. The number of rotatable bonds is 5. The van der Waals surface area contributed by atoms with Crippen LogP contribution in [0.25, 0.3) is 0 Å². The van der Waals surface area contributed by atoms with Gasteiger partial charge in [-0.05, 0) is 40.5 Å². The topological polar surface area (TPSA) is 78.0 Å². The Morgan fingerprint density at radius 3 is 2.21 bits per heavy atom. The molecule has 0 bridgehead atoms. The first-order chi connectivity index (χ1) is 18.0. The van der Waals surface area contributed by atoms with Gasteiger partial charge in [0.1, 0.15) is 7.85 Å². The van der Waals surface area contributed by atoms with Gasteiger partial charge in [-0.3, -0.25) is 19.2 Å². The van der Waals surface area contributed by atoms with Gasteiger partial charge in [-0.2, -0.15) is 8.78 Å². The Labute approximate surface area is 237 Å². The minimum absolute atomic E-state index is 0.0230. The summed E-state index contributed by atoms with van der Waals surface area (Å²) in [7, 11) is 41.3. The van der Waals surface area contributed by atoms with E-state index in [1.165, 1.54) is 30.3 Å². The summed E-state index contributed by atoms with van der Waals surface area (Å²) in [6, 6.07) is 7.86. The molecule has 7 nitrogen and oxygen atoms in total. The molecule has 3 unspecified atom stereocenters. The lowest BCUT2D eigenvalue weighted by Gasteiger charge is -2.51. The van der Waals surface area contributed by atoms with Gasteiger partial charge >= 0.3 is 5.92 Å².